The van der Waals surface area contributed by atoms with Crippen LogP contribution >= 0.6 is 28.6 Å². The van der Waals surface area contributed by atoms with Crippen molar-refractivity contribution < 1.29 is 9.90 Å². The number of carbonyl (C=O) groups is 1. The number of alkyl halides is 1. The molecule has 1 atom stereocenters. The van der Waals surface area contributed by atoms with Crippen LogP contribution in [0, 0.1) is 0 Å². The summed E-state index contributed by atoms with van der Waals surface area (Å²) in [5, 5.41) is 9.48. The van der Waals surface area contributed by atoms with Crippen molar-refractivity contribution >= 4 is 34.3 Å². The Bertz CT molecular complexity index is 338. The number of thiol groups is 1. The van der Waals surface area contributed by atoms with Crippen LogP contribution in [-0.2, 0) is 4.79 Å². The molecular formula is C9H9BrO2S. The Morgan fingerprint density at radius 1 is 1.62 bits per heavy atom. The van der Waals surface area contributed by atoms with Crippen molar-refractivity contribution in [3.05, 3.63) is 23.8 Å². The number of hydrogen-bond acceptors (Lipinski definition) is 3. The Balaban J connectivity index is 3.08. The van der Waals surface area contributed by atoms with Crippen molar-refractivity contribution in [3.63, 3.8) is 0 Å². The van der Waals surface area contributed by atoms with E-state index in [1.165, 1.54) is 13.0 Å². The lowest BCUT2D eigenvalue weighted by atomic mass is 10.1. The quantitative estimate of drug-likeness (QED) is 0.634. The summed E-state index contributed by atoms with van der Waals surface area (Å²) in [6, 6.07) is 4.92. The molecule has 0 bridgehead atoms. The van der Waals surface area contributed by atoms with E-state index < -0.39 is 4.83 Å². The summed E-state index contributed by atoms with van der Waals surface area (Å²) in [5.41, 5.74) is 0.574. The highest BCUT2D eigenvalue weighted by Gasteiger charge is 2.16. The molecule has 0 saturated heterocycles. The van der Waals surface area contributed by atoms with E-state index in [9.17, 15) is 9.90 Å². The van der Waals surface area contributed by atoms with Gasteiger partial charge in [-0.3, -0.25) is 4.79 Å². The Hall–Kier alpha value is -0.480. The number of hydrogen-bond donors (Lipinski definition) is 2. The van der Waals surface area contributed by atoms with E-state index in [2.05, 4.69) is 28.6 Å². The third-order valence-corrected chi connectivity index (χ3v) is 3.06. The lowest BCUT2D eigenvalue weighted by Crippen LogP contribution is -2.00. The van der Waals surface area contributed by atoms with Crippen molar-refractivity contribution in [2.24, 2.45) is 0 Å². The summed E-state index contributed by atoms with van der Waals surface area (Å²) in [6.45, 7) is 1.47. The van der Waals surface area contributed by atoms with E-state index in [-0.39, 0.29) is 11.5 Å². The van der Waals surface area contributed by atoms with Gasteiger partial charge in [0.15, 0.2) is 0 Å². The standard InChI is InChI=1S/C9H9BrO2S/c1-5(11)9(10)7-3-2-6(13)4-8(7)12/h2-4,9,12-13H,1H3. The van der Waals surface area contributed by atoms with E-state index >= 15 is 0 Å². The molecule has 0 aromatic heterocycles. The van der Waals surface area contributed by atoms with Crippen molar-refractivity contribution in [3.8, 4) is 5.75 Å². The second-order valence-electron chi connectivity index (χ2n) is 2.72. The highest BCUT2D eigenvalue weighted by Crippen LogP contribution is 2.32. The fraction of sp³-hybridized carbons (Fsp3) is 0.222. The molecule has 70 valence electrons. The van der Waals surface area contributed by atoms with E-state index in [1.54, 1.807) is 12.1 Å². The number of benzene rings is 1. The highest BCUT2D eigenvalue weighted by atomic mass is 79.9. The number of ketones is 1. The minimum absolute atomic E-state index is 0.0396. The van der Waals surface area contributed by atoms with Crippen molar-refractivity contribution in [1.82, 2.24) is 0 Å². The first-order valence-corrected chi connectivity index (χ1v) is 5.05. The Kier molecular flexibility index (Phi) is 3.39. The maximum Gasteiger partial charge on any atom is 0.147 e. The topological polar surface area (TPSA) is 37.3 Å². The molecule has 0 spiro atoms. The Morgan fingerprint density at radius 3 is 2.69 bits per heavy atom. The summed E-state index contributed by atoms with van der Waals surface area (Å²) in [4.78, 5) is 11.2. The van der Waals surface area contributed by atoms with Gasteiger partial charge >= 0.3 is 0 Å². The van der Waals surface area contributed by atoms with Gasteiger partial charge in [0.2, 0.25) is 0 Å². The van der Waals surface area contributed by atoms with Gasteiger partial charge in [0.1, 0.15) is 16.4 Å². The van der Waals surface area contributed by atoms with E-state index in [0.29, 0.717) is 10.5 Å². The number of Topliss-reactive ketones (excluding diaryl/α,β-unsaturated/α-hetero) is 1. The molecule has 13 heavy (non-hydrogen) atoms. The molecule has 0 aliphatic carbocycles. The normalized spacial score (nSPS) is 12.5. The fourth-order valence-corrected chi connectivity index (χ4v) is 1.55. The van der Waals surface area contributed by atoms with Crippen LogP contribution in [0.2, 0.25) is 0 Å². The predicted molar refractivity (Wildman–Crippen MR) is 57.7 cm³/mol. The van der Waals surface area contributed by atoms with Crippen molar-refractivity contribution in [2.75, 3.05) is 0 Å². The summed E-state index contributed by atoms with van der Waals surface area (Å²) in [7, 11) is 0. The lowest BCUT2D eigenvalue weighted by molar-refractivity contribution is -0.116. The number of phenolic OH excluding ortho intramolecular Hbond substituents is 1. The van der Waals surface area contributed by atoms with Gasteiger partial charge in [0, 0.05) is 10.5 Å². The lowest BCUT2D eigenvalue weighted by Gasteiger charge is -2.08. The summed E-state index contributed by atoms with van der Waals surface area (Å²) in [5.74, 6) is 0.0480. The van der Waals surface area contributed by atoms with E-state index in [1.807, 2.05) is 0 Å². The van der Waals surface area contributed by atoms with Gasteiger partial charge < -0.3 is 5.11 Å². The maximum atomic E-state index is 11.0. The molecule has 1 rings (SSSR count). The molecule has 2 nitrogen and oxygen atoms in total. The SMILES string of the molecule is CC(=O)C(Br)c1ccc(S)cc1O. The zero-order valence-corrected chi connectivity index (χ0v) is 9.47. The van der Waals surface area contributed by atoms with Crippen molar-refractivity contribution in [2.45, 2.75) is 16.6 Å². The molecule has 1 aromatic rings. The van der Waals surface area contributed by atoms with Crippen LogP contribution in [0.25, 0.3) is 0 Å². The average Bonchev–Trinajstić information content (AvgIpc) is 2.03. The molecule has 0 aliphatic rings. The van der Waals surface area contributed by atoms with Gasteiger partial charge in [-0.05, 0) is 19.1 Å². The van der Waals surface area contributed by atoms with Crippen LogP contribution in [0.1, 0.15) is 17.3 Å². The van der Waals surface area contributed by atoms with Crippen LogP contribution in [0.3, 0.4) is 0 Å². The van der Waals surface area contributed by atoms with Gasteiger partial charge in [-0.2, -0.15) is 0 Å². The van der Waals surface area contributed by atoms with Crippen molar-refractivity contribution in [1.29, 1.82) is 0 Å². The minimum Gasteiger partial charge on any atom is -0.508 e. The molecule has 4 heteroatoms. The summed E-state index contributed by atoms with van der Waals surface area (Å²) < 4.78 is 0. The Labute approximate surface area is 90.5 Å². The monoisotopic (exact) mass is 260 g/mol. The second kappa shape index (κ2) is 4.15. The average molecular weight is 261 g/mol. The predicted octanol–water partition coefficient (Wildman–Crippen LogP) is 2.71. The first kappa shape index (κ1) is 10.6. The summed E-state index contributed by atoms with van der Waals surface area (Å²) in [6.07, 6.45) is 0. The fourth-order valence-electron chi connectivity index (χ4n) is 0.965. The molecular weight excluding hydrogens is 252 g/mol. The van der Waals surface area contributed by atoms with Crippen LogP contribution < -0.4 is 0 Å². The maximum absolute atomic E-state index is 11.0. The largest absolute Gasteiger partial charge is 0.508 e. The highest BCUT2D eigenvalue weighted by molar-refractivity contribution is 9.09. The number of aromatic hydroxyl groups is 1. The first-order valence-electron chi connectivity index (χ1n) is 3.68. The van der Waals surface area contributed by atoms with Crippen LogP contribution in [0.4, 0.5) is 0 Å². The molecule has 0 amide bonds. The third kappa shape index (κ3) is 2.48. The van der Waals surface area contributed by atoms with E-state index in [4.69, 9.17) is 0 Å². The molecule has 1 N–H and O–H groups in total. The zero-order valence-electron chi connectivity index (χ0n) is 6.99. The Morgan fingerprint density at radius 2 is 2.23 bits per heavy atom. The van der Waals surface area contributed by atoms with E-state index in [0.717, 1.165) is 0 Å². The zero-order chi connectivity index (χ0) is 10.0. The molecule has 0 heterocycles. The van der Waals surface area contributed by atoms with Gasteiger partial charge in [0.25, 0.3) is 0 Å². The minimum atomic E-state index is -0.443. The second-order valence-corrected chi connectivity index (χ2v) is 4.15. The molecule has 0 radical (unpaired) electrons. The first-order chi connectivity index (χ1) is 6.02. The molecule has 1 unspecified atom stereocenters. The van der Waals surface area contributed by atoms with Crippen LogP contribution in [0.5, 0.6) is 5.75 Å². The van der Waals surface area contributed by atoms with Gasteiger partial charge in [-0.15, -0.1) is 12.6 Å². The molecule has 0 fully saturated rings. The van der Waals surface area contributed by atoms with Crippen LogP contribution in [-0.4, -0.2) is 10.9 Å². The number of halogens is 1. The van der Waals surface area contributed by atoms with Gasteiger partial charge in [-0.25, -0.2) is 0 Å². The summed E-state index contributed by atoms with van der Waals surface area (Å²) >= 11 is 7.25. The molecule has 1 aromatic carbocycles. The number of carbonyl (C=O) groups excluding carboxylic acids is 1. The molecule has 0 saturated carbocycles. The van der Waals surface area contributed by atoms with Gasteiger partial charge in [-0.1, -0.05) is 22.0 Å². The number of rotatable bonds is 2. The molecule has 0 aliphatic heterocycles. The number of phenols is 1. The van der Waals surface area contributed by atoms with Crippen LogP contribution in [0.15, 0.2) is 23.1 Å². The smallest absolute Gasteiger partial charge is 0.147 e. The van der Waals surface area contributed by atoms with Gasteiger partial charge in [0.05, 0.1) is 0 Å². The third-order valence-electron chi connectivity index (χ3n) is 1.64.